The predicted octanol–water partition coefficient (Wildman–Crippen LogP) is 4.31. The Morgan fingerprint density at radius 3 is 2.70 bits per heavy atom. The summed E-state index contributed by atoms with van der Waals surface area (Å²) in [5.41, 5.74) is 1.79. The van der Waals surface area contributed by atoms with Gasteiger partial charge in [-0.2, -0.15) is 0 Å². The Labute approximate surface area is 120 Å². The molecule has 0 heterocycles. The molecular formula is C14H12ClFN2O2. The molecule has 0 saturated heterocycles. The summed E-state index contributed by atoms with van der Waals surface area (Å²) in [6, 6.07) is 8.80. The summed E-state index contributed by atoms with van der Waals surface area (Å²) in [7, 11) is 0. The molecule has 0 bridgehead atoms. The van der Waals surface area contributed by atoms with Gasteiger partial charge in [-0.1, -0.05) is 23.7 Å². The molecule has 20 heavy (non-hydrogen) atoms. The highest BCUT2D eigenvalue weighted by Crippen LogP contribution is 2.26. The largest absolute Gasteiger partial charge is 0.375 e. The van der Waals surface area contributed by atoms with Crippen molar-refractivity contribution in [1.82, 2.24) is 0 Å². The van der Waals surface area contributed by atoms with Crippen LogP contribution in [-0.4, -0.2) is 4.92 Å². The molecule has 0 atom stereocenters. The molecule has 0 aliphatic rings. The van der Waals surface area contributed by atoms with Gasteiger partial charge in [-0.15, -0.1) is 0 Å². The van der Waals surface area contributed by atoms with E-state index in [9.17, 15) is 14.5 Å². The van der Waals surface area contributed by atoms with Crippen LogP contribution in [0, 0.1) is 22.9 Å². The second kappa shape index (κ2) is 5.88. The monoisotopic (exact) mass is 294 g/mol. The number of halogens is 2. The molecule has 0 aliphatic heterocycles. The lowest BCUT2D eigenvalue weighted by atomic mass is 10.1. The van der Waals surface area contributed by atoms with Crippen molar-refractivity contribution in [3.8, 4) is 0 Å². The number of anilines is 1. The van der Waals surface area contributed by atoms with Crippen LogP contribution in [0.2, 0.25) is 5.02 Å². The van der Waals surface area contributed by atoms with Gasteiger partial charge in [-0.05, 0) is 30.2 Å². The first kappa shape index (κ1) is 14.3. The Hall–Kier alpha value is -2.14. The highest BCUT2D eigenvalue weighted by Gasteiger charge is 2.14. The van der Waals surface area contributed by atoms with Gasteiger partial charge >= 0.3 is 0 Å². The number of nitrogens with one attached hydrogen (secondary N) is 1. The summed E-state index contributed by atoms with van der Waals surface area (Å²) in [4.78, 5) is 10.3. The lowest BCUT2D eigenvalue weighted by Gasteiger charge is -2.08. The SMILES string of the molecule is Cc1ccc(CNc2cc(F)ccc2[N+](=O)[O-])cc1Cl. The van der Waals surface area contributed by atoms with Crippen LogP contribution in [-0.2, 0) is 6.54 Å². The van der Waals surface area contributed by atoms with Crippen molar-refractivity contribution in [3.05, 3.63) is 68.5 Å². The molecule has 0 amide bonds. The fourth-order valence-electron chi connectivity index (χ4n) is 1.75. The Balaban J connectivity index is 2.20. The van der Waals surface area contributed by atoms with Gasteiger partial charge in [0.2, 0.25) is 0 Å². The van der Waals surface area contributed by atoms with E-state index in [0.29, 0.717) is 11.6 Å². The minimum absolute atomic E-state index is 0.145. The topological polar surface area (TPSA) is 55.2 Å². The first-order valence-corrected chi connectivity index (χ1v) is 6.28. The van der Waals surface area contributed by atoms with E-state index >= 15 is 0 Å². The van der Waals surface area contributed by atoms with E-state index in [-0.39, 0.29) is 11.4 Å². The summed E-state index contributed by atoms with van der Waals surface area (Å²) in [6.45, 7) is 2.21. The van der Waals surface area contributed by atoms with Crippen molar-refractivity contribution in [3.63, 3.8) is 0 Å². The fourth-order valence-corrected chi connectivity index (χ4v) is 1.96. The number of nitrogens with zero attached hydrogens (tertiary/aromatic N) is 1. The Kier molecular flexibility index (Phi) is 4.20. The molecule has 0 fully saturated rings. The Morgan fingerprint density at radius 2 is 2.05 bits per heavy atom. The van der Waals surface area contributed by atoms with Crippen LogP contribution < -0.4 is 5.32 Å². The van der Waals surface area contributed by atoms with Gasteiger partial charge in [0, 0.05) is 23.7 Å². The van der Waals surface area contributed by atoms with Crippen LogP contribution in [0.4, 0.5) is 15.8 Å². The molecule has 6 heteroatoms. The molecule has 0 saturated carbocycles. The van der Waals surface area contributed by atoms with Crippen LogP contribution in [0.5, 0.6) is 0 Å². The normalized spacial score (nSPS) is 10.3. The van der Waals surface area contributed by atoms with Crippen molar-refractivity contribution >= 4 is 23.0 Å². The van der Waals surface area contributed by atoms with Crippen LogP contribution >= 0.6 is 11.6 Å². The number of hydrogen-bond donors (Lipinski definition) is 1. The van der Waals surface area contributed by atoms with E-state index in [1.807, 2.05) is 19.1 Å². The van der Waals surface area contributed by atoms with Gasteiger partial charge in [0.25, 0.3) is 5.69 Å². The molecule has 2 aromatic carbocycles. The zero-order chi connectivity index (χ0) is 14.7. The minimum atomic E-state index is -0.552. The number of nitro groups is 1. The lowest BCUT2D eigenvalue weighted by molar-refractivity contribution is -0.384. The third-order valence-electron chi connectivity index (χ3n) is 2.87. The third kappa shape index (κ3) is 3.24. The van der Waals surface area contributed by atoms with Gasteiger partial charge in [0.15, 0.2) is 0 Å². The van der Waals surface area contributed by atoms with E-state index in [0.717, 1.165) is 29.3 Å². The smallest absolute Gasteiger partial charge is 0.292 e. The van der Waals surface area contributed by atoms with Crippen molar-refractivity contribution in [1.29, 1.82) is 0 Å². The van der Waals surface area contributed by atoms with Crippen molar-refractivity contribution < 1.29 is 9.31 Å². The number of benzene rings is 2. The molecule has 0 spiro atoms. The molecule has 0 aliphatic carbocycles. The lowest BCUT2D eigenvalue weighted by Crippen LogP contribution is -2.03. The number of nitro benzene ring substituents is 1. The van der Waals surface area contributed by atoms with Crippen molar-refractivity contribution in [2.24, 2.45) is 0 Å². The van der Waals surface area contributed by atoms with Crippen LogP contribution in [0.1, 0.15) is 11.1 Å². The van der Waals surface area contributed by atoms with Crippen molar-refractivity contribution in [2.45, 2.75) is 13.5 Å². The standard InChI is InChI=1S/C14H12ClFN2O2/c1-9-2-3-10(6-12(9)15)8-17-13-7-11(16)4-5-14(13)18(19)20/h2-7,17H,8H2,1H3. The zero-order valence-electron chi connectivity index (χ0n) is 10.7. The van der Waals surface area contributed by atoms with Gasteiger partial charge in [0.1, 0.15) is 11.5 Å². The Bertz CT molecular complexity index is 662. The maximum atomic E-state index is 13.2. The maximum absolute atomic E-state index is 13.2. The van der Waals surface area contributed by atoms with Crippen LogP contribution in [0.3, 0.4) is 0 Å². The Morgan fingerprint density at radius 1 is 1.30 bits per heavy atom. The first-order valence-electron chi connectivity index (χ1n) is 5.90. The third-order valence-corrected chi connectivity index (χ3v) is 3.28. The number of rotatable bonds is 4. The van der Waals surface area contributed by atoms with E-state index in [4.69, 9.17) is 11.6 Å². The predicted molar refractivity (Wildman–Crippen MR) is 76.6 cm³/mol. The van der Waals surface area contributed by atoms with Crippen LogP contribution in [0.15, 0.2) is 36.4 Å². The zero-order valence-corrected chi connectivity index (χ0v) is 11.4. The number of aryl methyl sites for hydroxylation is 1. The molecule has 0 aromatic heterocycles. The van der Waals surface area contributed by atoms with E-state index in [2.05, 4.69) is 5.32 Å². The molecule has 2 rings (SSSR count). The average molecular weight is 295 g/mol. The van der Waals surface area contributed by atoms with Crippen LogP contribution in [0.25, 0.3) is 0 Å². The first-order chi connectivity index (χ1) is 9.47. The van der Waals surface area contributed by atoms with E-state index in [1.165, 1.54) is 0 Å². The molecule has 0 unspecified atom stereocenters. The quantitative estimate of drug-likeness (QED) is 0.675. The second-order valence-electron chi connectivity index (χ2n) is 4.36. The van der Waals surface area contributed by atoms with Gasteiger partial charge in [0.05, 0.1) is 4.92 Å². The maximum Gasteiger partial charge on any atom is 0.292 e. The second-order valence-corrected chi connectivity index (χ2v) is 4.76. The molecular weight excluding hydrogens is 283 g/mol. The molecule has 104 valence electrons. The van der Waals surface area contributed by atoms with E-state index < -0.39 is 10.7 Å². The summed E-state index contributed by atoms with van der Waals surface area (Å²) >= 11 is 6.01. The average Bonchev–Trinajstić information content (AvgIpc) is 2.40. The van der Waals surface area contributed by atoms with Gasteiger partial charge < -0.3 is 5.32 Å². The van der Waals surface area contributed by atoms with E-state index in [1.54, 1.807) is 6.07 Å². The summed E-state index contributed by atoms with van der Waals surface area (Å²) in [5, 5.41) is 14.3. The summed E-state index contributed by atoms with van der Waals surface area (Å²) in [5.74, 6) is -0.528. The minimum Gasteiger partial charge on any atom is -0.375 e. The van der Waals surface area contributed by atoms with Crippen molar-refractivity contribution in [2.75, 3.05) is 5.32 Å². The van der Waals surface area contributed by atoms with Gasteiger partial charge in [-0.25, -0.2) is 4.39 Å². The summed E-state index contributed by atoms with van der Waals surface area (Å²) in [6.07, 6.45) is 0. The fraction of sp³-hybridized carbons (Fsp3) is 0.143. The molecule has 1 N–H and O–H groups in total. The molecule has 4 nitrogen and oxygen atoms in total. The summed E-state index contributed by atoms with van der Waals surface area (Å²) < 4.78 is 13.2. The molecule has 2 aromatic rings. The molecule has 0 radical (unpaired) electrons. The number of hydrogen-bond acceptors (Lipinski definition) is 3. The highest BCUT2D eigenvalue weighted by atomic mass is 35.5. The van der Waals surface area contributed by atoms with Gasteiger partial charge in [-0.3, -0.25) is 10.1 Å². The highest BCUT2D eigenvalue weighted by molar-refractivity contribution is 6.31.